The number of carboxylic acids is 1. The summed E-state index contributed by atoms with van der Waals surface area (Å²) < 4.78 is 0. The van der Waals surface area contributed by atoms with E-state index >= 15 is 0 Å². The second kappa shape index (κ2) is 9.07. The van der Waals surface area contributed by atoms with Gasteiger partial charge in [0.05, 0.1) is 0 Å². The first-order valence-electron chi connectivity index (χ1n) is 2.58. The summed E-state index contributed by atoms with van der Waals surface area (Å²) in [5, 5.41) is 17.8. The zero-order valence-corrected chi connectivity index (χ0v) is 8.72. The van der Waals surface area contributed by atoms with Gasteiger partial charge in [-0.25, -0.2) is 0 Å². The molecule has 0 aromatic rings. The van der Waals surface area contributed by atoms with Crippen LogP contribution in [-0.2, 0) is 4.79 Å². The van der Waals surface area contributed by atoms with Gasteiger partial charge in [-0.1, -0.05) is 0 Å². The maximum atomic E-state index is 9.68. The Balaban J connectivity index is 0. The van der Waals surface area contributed by atoms with E-state index in [1.807, 2.05) is 0 Å². The van der Waals surface area contributed by atoms with E-state index in [0.717, 1.165) is 0 Å². The Kier molecular flexibility index (Phi) is 12.8. The second-order valence-corrected chi connectivity index (χ2v) is 1.55. The molecule has 4 heteroatoms. The number of aliphatic carboxylic acids is 1. The van der Waals surface area contributed by atoms with Gasteiger partial charge in [-0.3, -0.25) is 0 Å². The predicted molar refractivity (Wildman–Crippen MR) is 25.9 cm³/mol. The number of carboxylic acid groups (broad SMARTS) is 1. The van der Waals surface area contributed by atoms with Crippen LogP contribution < -0.4 is 56.5 Å². The van der Waals surface area contributed by atoms with E-state index < -0.39 is 5.97 Å². The average molecular weight is 156 g/mol. The Morgan fingerprint density at radius 2 is 2.00 bits per heavy atom. The van der Waals surface area contributed by atoms with Crippen LogP contribution in [0.2, 0.25) is 0 Å². The number of aliphatic hydroxyl groups excluding tert-OH is 1. The molecule has 0 saturated heterocycles. The molecule has 0 rings (SSSR count). The van der Waals surface area contributed by atoms with Gasteiger partial charge in [0.2, 0.25) is 0 Å². The van der Waals surface area contributed by atoms with Crippen LogP contribution in [0.5, 0.6) is 0 Å². The first-order valence-corrected chi connectivity index (χ1v) is 2.58. The third-order valence-electron chi connectivity index (χ3n) is 0.789. The molecule has 0 radical (unpaired) electrons. The number of hydrogen-bond donors (Lipinski definition) is 1. The molecule has 0 saturated carbocycles. The Morgan fingerprint density at radius 3 is 2.33 bits per heavy atom. The first-order chi connectivity index (χ1) is 3.77. The van der Waals surface area contributed by atoms with E-state index in [2.05, 4.69) is 0 Å². The van der Waals surface area contributed by atoms with Crippen molar-refractivity contribution in [1.82, 2.24) is 0 Å². The van der Waals surface area contributed by atoms with Crippen molar-refractivity contribution in [2.75, 3.05) is 6.61 Å². The van der Waals surface area contributed by atoms with Gasteiger partial charge in [0.15, 0.2) is 0 Å². The third kappa shape index (κ3) is 12.3. The van der Waals surface area contributed by atoms with Gasteiger partial charge in [0, 0.05) is 12.6 Å². The molecule has 0 atom stereocenters. The Labute approximate surface area is 96.9 Å². The van der Waals surface area contributed by atoms with E-state index in [-0.39, 0.29) is 64.4 Å². The quantitative estimate of drug-likeness (QED) is 0.332. The molecule has 0 heterocycles. The van der Waals surface area contributed by atoms with Crippen LogP contribution in [0.3, 0.4) is 0 Å². The molecule has 0 fully saturated rings. The summed E-state index contributed by atoms with van der Waals surface area (Å²) in [7, 11) is 0. The fourth-order valence-electron chi connectivity index (χ4n) is 0.381. The summed E-state index contributed by atoms with van der Waals surface area (Å²) >= 11 is 0. The predicted octanol–water partition coefficient (Wildman–Crippen LogP) is -4.10. The van der Waals surface area contributed by atoms with Gasteiger partial charge in [-0.2, -0.15) is 0 Å². The van der Waals surface area contributed by atoms with Gasteiger partial charge in [0.25, 0.3) is 0 Å². The molecule has 0 aliphatic rings. The van der Waals surface area contributed by atoms with Crippen molar-refractivity contribution in [2.45, 2.75) is 19.3 Å². The summed E-state index contributed by atoms with van der Waals surface area (Å²) in [6.07, 6.45) is 1.12. The van der Waals surface area contributed by atoms with Crippen LogP contribution >= 0.6 is 0 Å². The molecule has 48 valence electrons. The molecule has 0 aliphatic carbocycles. The monoisotopic (exact) mass is 156 g/mol. The van der Waals surface area contributed by atoms with Gasteiger partial charge in [0.1, 0.15) is 0 Å². The normalized spacial score (nSPS) is 8.11. The zero-order chi connectivity index (χ0) is 6.41. The maximum Gasteiger partial charge on any atom is 1.00 e. The van der Waals surface area contributed by atoms with E-state index in [9.17, 15) is 9.90 Å². The number of carbonyl (C=O) groups is 1. The summed E-state index contributed by atoms with van der Waals surface area (Å²) in [4.78, 5) is 9.68. The number of aliphatic hydroxyl groups is 1. The van der Waals surface area contributed by atoms with Crippen LogP contribution in [0.4, 0.5) is 0 Å². The minimum atomic E-state index is -1.04. The molecule has 1 N–H and O–H groups in total. The standard InChI is InChI=1S/C5H10O3.K/c6-4-2-1-3-5(7)8;/h6H,1-4H2,(H,7,8);/q;+1/p-1. The molecule has 0 bridgehead atoms. The topological polar surface area (TPSA) is 60.4 Å². The Morgan fingerprint density at radius 1 is 1.44 bits per heavy atom. The molecule has 0 unspecified atom stereocenters. The van der Waals surface area contributed by atoms with Gasteiger partial charge in [-0.15, -0.1) is 0 Å². The van der Waals surface area contributed by atoms with Crippen molar-refractivity contribution < 1.29 is 66.4 Å². The van der Waals surface area contributed by atoms with Crippen molar-refractivity contribution in [3.63, 3.8) is 0 Å². The van der Waals surface area contributed by atoms with Crippen molar-refractivity contribution in [3.8, 4) is 0 Å². The number of unbranched alkanes of at least 4 members (excludes halogenated alkanes) is 1. The Hall–Kier alpha value is 1.07. The maximum absolute atomic E-state index is 9.68. The Bertz CT molecular complexity index is 74.6. The zero-order valence-electron chi connectivity index (χ0n) is 5.59. The minimum absolute atomic E-state index is 0. The largest absolute Gasteiger partial charge is 1.00 e. The van der Waals surface area contributed by atoms with Crippen LogP contribution in [0.15, 0.2) is 0 Å². The van der Waals surface area contributed by atoms with E-state index in [1.165, 1.54) is 0 Å². The molecule has 0 aliphatic heterocycles. The second-order valence-electron chi connectivity index (χ2n) is 1.55. The number of rotatable bonds is 4. The van der Waals surface area contributed by atoms with Gasteiger partial charge in [-0.05, 0) is 19.3 Å². The van der Waals surface area contributed by atoms with Gasteiger partial charge < -0.3 is 15.0 Å². The molecule has 3 nitrogen and oxygen atoms in total. The molecular weight excluding hydrogens is 147 g/mol. The summed E-state index contributed by atoms with van der Waals surface area (Å²) in [5.41, 5.74) is 0. The smallest absolute Gasteiger partial charge is 0.550 e. The molecule has 0 amide bonds. The van der Waals surface area contributed by atoms with Crippen molar-refractivity contribution in [1.29, 1.82) is 0 Å². The van der Waals surface area contributed by atoms with Crippen LogP contribution in [0, 0.1) is 0 Å². The number of hydrogen-bond acceptors (Lipinski definition) is 3. The third-order valence-corrected chi connectivity index (χ3v) is 0.789. The van der Waals surface area contributed by atoms with Crippen LogP contribution in [0.25, 0.3) is 0 Å². The van der Waals surface area contributed by atoms with Gasteiger partial charge >= 0.3 is 51.4 Å². The summed E-state index contributed by atoms with van der Waals surface area (Å²) in [6, 6.07) is 0. The van der Waals surface area contributed by atoms with Crippen molar-refractivity contribution in [2.24, 2.45) is 0 Å². The molecular formula is C5H9KO3. The summed E-state index contributed by atoms with van der Waals surface area (Å²) in [5.74, 6) is -1.04. The van der Waals surface area contributed by atoms with E-state index in [1.54, 1.807) is 0 Å². The van der Waals surface area contributed by atoms with E-state index in [4.69, 9.17) is 5.11 Å². The van der Waals surface area contributed by atoms with Crippen LogP contribution in [0.1, 0.15) is 19.3 Å². The number of carbonyl (C=O) groups excluding carboxylic acids is 1. The molecule has 9 heavy (non-hydrogen) atoms. The average Bonchev–Trinajstić information content (AvgIpc) is 1.66. The minimum Gasteiger partial charge on any atom is -0.550 e. The first kappa shape index (κ1) is 12.7. The SMILES string of the molecule is O=C([O-])CCCCO.[K+]. The summed E-state index contributed by atoms with van der Waals surface area (Å²) in [6.45, 7) is 0.0628. The molecule has 0 aromatic heterocycles. The van der Waals surface area contributed by atoms with Crippen molar-refractivity contribution >= 4 is 5.97 Å². The van der Waals surface area contributed by atoms with Crippen molar-refractivity contribution in [3.05, 3.63) is 0 Å². The van der Waals surface area contributed by atoms with E-state index in [0.29, 0.717) is 12.8 Å². The molecule has 0 spiro atoms. The fraction of sp³-hybridized carbons (Fsp3) is 0.800. The fourth-order valence-corrected chi connectivity index (χ4v) is 0.381. The molecule has 0 aromatic carbocycles. The van der Waals surface area contributed by atoms with Crippen LogP contribution in [-0.4, -0.2) is 17.7 Å².